The predicted octanol–water partition coefficient (Wildman–Crippen LogP) is 1.74. The molecule has 0 saturated heterocycles. The summed E-state index contributed by atoms with van der Waals surface area (Å²) in [5, 5.41) is 8.55. The van der Waals surface area contributed by atoms with E-state index >= 15 is 0 Å². The van der Waals surface area contributed by atoms with Crippen LogP contribution >= 0.6 is 0 Å². The molecule has 1 heterocycles. The van der Waals surface area contributed by atoms with Crippen LogP contribution in [0.15, 0.2) is 66.9 Å². The molecule has 0 atom stereocenters. The topological polar surface area (TPSA) is 72.3 Å². The molecule has 0 bridgehead atoms. The van der Waals surface area contributed by atoms with Crippen molar-refractivity contribution in [2.75, 3.05) is 13.2 Å². The van der Waals surface area contributed by atoms with Crippen molar-refractivity contribution >= 4 is 5.97 Å². The SMILES string of the molecule is O=C(O)COCCCCCc1cnc(-c2ccccc2)c(-c2ccccc2)n1.[H-].[Na+]. The molecule has 3 rings (SSSR count). The number of aryl methyl sites for hydroxylation is 1. The molecule has 0 aliphatic rings. The third-order valence-corrected chi connectivity index (χ3v) is 4.36. The molecule has 2 aromatic carbocycles. The number of ether oxygens (including phenoxy) is 1. The maximum Gasteiger partial charge on any atom is 1.00 e. The first-order valence-electron chi connectivity index (χ1n) is 9.50. The number of benzene rings is 2. The molecule has 0 aliphatic carbocycles. The normalized spacial score (nSPS) is 10.3. The van der Waals surface area contributed by atoms with Crippen LogP contribution in [0.3, 0.4) is 0 Å². The minimum Gasteiger partial charge on any atom is -1.00 e. The van der Waals surface area contributed by atoms with Crippen LogP contribution in [0.5, 0.6) is 0 Å². The van der Waals surface area contributed by atoms with Gasteiger partial charge in [0, 0.05) is 23.9 Å². The van der Waals surface area contributed by atoms with Crippen LogP contribution in [-0.4, -0.2) is 34.3 Å². The summed E-state index contributed by atoms with van der Waals surface area (Å²) in [5.74, 6) is -0.928. The van der Waals surface area contributed by atoms with Gasteiger partial charge in [-0.15, -0.1) is 0 Å². The number of rotatable bonds is 10. The molecule has 5 nitrogen and oxygen atoms in total. The Morgan fingerprint density at radius 3 is 2.14 bits per heavy atom. The molecule has 0 radical (unpaired) electrons. The Hall–Kier alpha value is -2.05. The maximum atomic E-state index is 10.4. The molecule has 0 saturated carbocycles. The summed E-state index contributed by atoms with van der Waals surface area (Å²) < 4.78 is 5.06. The average Bonchev–Trinajstić information content (AvgIpc) is 2.74. The van der Waals surface area contributed by atoms with E-state index in [1.54, 1.807) is 0 Å². The first-order chi connectivity index (χ1) is 13.7. The van der Waals surface area contributed by atoms with E-state index in [0.717, 1.165) is 53.9 Å². The fraction of sp³-hybridized carbons (Fsp3) is 0.261. The van der Waals surface area contributed by atoms with Crippen molar-refractivity contribution < 1.29 is 45.6 Å². The van der Waals surface area contributed by atoms with Gasteiger partial charge < -0.3 is 11.3 Å². The zero-order chi connectivity index (χ0) is 19.6. The van der Waals surface area contributed by atoms with E-state index in [1.165, 1.54) is 0 Å². The second-order valence-corrected chi connectivity index (χ2v) is 6.55. The van der Waals surface area contributed by atoms with Crippen molar-refractivity contribution in [2.45, 2.75) is 25.7 Å². The van der Waals surface area contributed by atoms with Gasteiger partial charge in [-0.2, -0.15) is 0 Å². The second kappa shape index (κ2) is 12.5. The van der Waals surface area contributed by atoms with E-state index < -0.39 is 5.97 Å². The van der Waals surface area contributed by atoms with Gasteiger partial charge in [0.2, 0.25) is 0 Å². The summed E-state index contributed by atoms with van der Waals surface area (Å²) in [6.45, 7) is 0.243. The summed E-state index contributed by atoms with van der Waals surface area (Å²) in [4.78, 5) is 20.0. The van der Waals surface area contributed by atoms with E-state index in [4.69, 9.17) is 19.8 Å². The molecule has 0 spiro atoms. The van der Waals surface area contributed by atoms with E-state index in [1.807, 2.05) is 54.7 Å². The van der Waals surface area contributed by atoms with Crippen molar-refractivity contribution in [2.24, 2.45) is 0 Å². The third kappa shape index (κ3) is 7.37. The fourth-order valence-corrected chi connectivity index (χ4v) is 3.00. The summed E-state index contributed by atoms with van der Waals surface area (Å²) >= 11 is 0. The smallest absolute Gasteiger partial charge is 1.00 e. The Bertz CT molecular complexity index is 895. The molecule has 1 N–H and O–H groups in total. The van der Waals surface area contributed by atoms with Crippen LogP contribution in [0.2, 0.25) is 0 Å². The van der Waals surface area contributed by atoms with Gasteiger partial charge in [-0.1, -0.05) is 67.1 Å². The van der Waals surface area contributed by atoms with Crippen molar-refractivity contribution in [3.63, 3.8) is 0 Å². The van der Waals surface area contributed by atoms with Gasteiger partial charge in [-0.25, -0.2) is 9.78 Å². The van der Waals surface area contributed by atoms with Crippen molar-refractivity contribution in [1.82, 2.24) is 9.97 Å². The molecule has 0 fully saturated rings. The van der Waals surface area contributed by atoms with Gasteiger partial charge in [0.1, 0.15) is 6.61 Å². The Labute approximate surface area is 195 Å². The molecule has 146 valence electrons. The second-order valence-electron chi connectivity index (χ2n) is 6.55. The average molecular weight is 400 g/mol. The van der Waals surface area contributed by atoms with Crippen LogP contribution in [-0.2, 0) is 16.0 Å². The molecule has 6 heteroatoms. The summed E-state index contributed by atoms with van der Waals surface area (Å²) in [5.41, 5.74) is 4.85. The Morgan fingerprint density at radius 1 is 0.897 bits per heavy atom. The van der Waals surface area contributed by atoms with Gasteiger partial charge in [0.25, 0.3) is 0 Å². The van der Waals surface area contributed by atoms with Crippen LogP contribution < -0.4 is 29.6 Å². The Morgan fingerprint density at radius 2 is 1.52 bits per heavy atom. The van der Waals surface area contributed by atoms with Gasteiger partial charge in [0.05, 0.1) is 17.1 Å². The van der Waals surface area contributed by atoms with E-state index in [9.17, 15) is 4.79 Å². The minimum atomic E-state index is -0.928. The number of nitrogens with zero attached hydrogens (tertiary/aromatic N) is 2. The zero-order valence-corrected chi connectivity index (χ0v) is 18.8. The predicted molar refractivity (Wildman–Crippen MR) is 110 cm³/mol. The number of aliphatic carboxylic acids is 1. The largest absolute Gasteiger partial charge is 1.00 e. The molecule has 3 aromatic rings. The van der Waals surface area contributed by atoms with Gasteiger partial charge in [-0.3, -0.25) is 4.98 Å². The minimum absolute atomic E-state index is 0. The van der Waals surface area contributed by atoms with E-state index in [-0.39, 0.29) is 37.6 Å². The summed E-state index contributed by atoms with van der Waals surface area (Å²) in [7, 11) is 0. The third-order valence-electron chi connectivity index (χ3n) is 4.36. The van der Waals surface area contributed by atoms with Crippen LogP contribution in [0.25, 0.3) is 22.5 Å². The number of carboxylic acid groups (broad SMARTS) is 1. The fourth-order valence-electron chi connectivity index (χ4n) is 3.00. The maximum absolute atomic E-state index is 10.4. The molecular weight excluding hydrogens is 375 g/mol. The zero-order valence-electron chi connectivity index (χ0n) is 17.8. The van der Waals surface area contributed by atoms with Crippen molar-refractivity contribution in [1.29, 1.82) is 0 Å². The molecule has 0 unspecified atom stereocenters. The van der Waals surface area contributed by atoms with Gasteiger partial charge >= 0.3 is 35.5 Å². The standard InChI is InChI=1S/C23H24N2O3.Na.H/c26-21(27)17-28-15-9-3-8-14-20-16-24-22(18-10-4-1-5-11-18)23(25-20)19-12-6-2-7-13-19;;/h1-2,4-7,10-13,16H,3,8-9,14-15,17H2,(H,26,27);;/q;+1;-1. The number of hydrogen-bond donors (Lipinski definition) is 1. The Kier molecular flexibility index (Phi) is 10.0. The molecule has 29 heavy (non-hydrogen) atoms. The summed E-state index contributed by atoms with van der Waals surface area (Å²) in [6, 6.07) is 20.2. The molecule has 1 aromatic heterocycles. The Balaban J connectivity index is 0.00000225. The monoisotopic (exact) mass is 400 g/mol. The first-order valence-corrected chi connectivity index (χ1v) is 9.50. The molecule has 0 aliphatic heterocycles. The van der Waals surface area contributed by atoms with Gasteiger partial charge in [-0.05, 0) is 19.3 Å². The number of aromatic nitrogens is 2. The van der Waals surface area contributed by atoms with Crippen molar-refractivity contribution in [3.05, 3.63) is 72.6 Å². The molecular formula is C23H25N2NaO3. The van der Waals surface area contributed by atoms with E-state index in [2.05, 4.69) is 12.1 Å². The number of carboxylic acids is 1. The van der Waals surface area contributed by atoms with E-state index in [0.29, 0.717) is 6.61 Å². The quantitative estimate of drug-likeness (QED) is 0.415. The molecule has 0 amide bonds. The first kappa shape index (κ1) is 23.2. The number of carbonyl (C=O) groups is 1. The van der Waals surface area contributed by atoms with Crippen molar-refractivity contribution in [3.8, 4) is 22.5 Å². The van der Waals surface area contributed by atoms with Crippen LogP contribution in [0.4, 0.5) is 0 Å². The van der Waals surface area contributed by atoms with Crippen LogP contribution in [0, 0.1) is 0 Å². The number of unbranched alkanes of at least 4 members (excludes halogenated alkanes) is 2. The number of hydrogen-bond acceptors (Lipinski definition) is 4. The van der Waals surface area contributed by atoms with Crippen LogP contribution in [0.1, 0.15) is 26.4 Å². The van der Waals surface area contributed by atoms with Gasteiger partial charge in [0.15, 0.2) is 0 Å². The summed E-state index contributed by atoms with van der Waals surface area (Å²) in [6.07, 6.45) is 5.46.